The molecule has 0 unspecified atom stereocenters. The molecule has 1 aliphatic rings. The number of nitriles is 1. The first-order valence-corrected chi connectivity index (χ1v) is 8.77. The van der Waals surface area contributed by atoms with E-state index in [2.05, 4.69) is 6.07 Å². The second kappa shape index (κ2) is 7.83. The van der Waals surface area contributed by atoms with Gasteiger partial charge in [-0.2, -0.15) is 5.26 Å². The Morgan fingerprint density at radius 1 is 1.15 bits per heavy atom. The van der Waals surface area contributed by atoms with Gasteiger partial charge in [0.05, 0.1) is 17.3 Å². The number of hydrogen-bond acceptors (Lipinski definition) is 3. The average Bonchev–Trinajstić information content (AvgIpc) is 2.69. The Labute approximate surface area is 153 Å². The van der Waals surface area contributed by atoms with Gasteiger partial charge in [-0.05, 0) is 24.1 Å². The highest BCUT2D eigenvalue weighted by atomic mass is 16.2. The first-order valence-electron chi connectivity index (χ1n) is 8.77. The van der Waals surface area contributed by atoms with Gasteiger partial charge < -0.3 is 9.80 Å². The van der Waals surface area contributed by atoms with Gasteiger partial charge in [-0.25, -0.2) is 0 Å². The molecule has 0 radical (unpaired) electrons. The van der Waals surface area contributed by atoms with Crippen LogP contribution in [0.25, 0.3) is 0 Å². The van der Waals surface area contributed by atoms with Crippen molar-refractivity contribution in [1.82, 2.24) is 4.90 Å². The molecule has 1 saturated heterocycles. The molecule has 26 heavy (non-hydrogen) atoms. The van der Waals surface area contributed by atoms with Gasteiger partial charge in [0.15, 0.2) is 0 Å². The zero-order valence-electron chi connectivity index (χ0n) is 14.8. The van der Waals surface area contributed by atoms with Gasteiger partial charge in [0.1, 0.15) is 12.6 Å². The minimum Gasteiger partial charge on any atom is -0.328 e. The van der Waals surface area contributed by atoms with Crippen LogP contribution in [0.2, 0.25) is 0 Å². The highest BCUT2D eigenvalue weighted by molar-refractivity contribution is 5.99. The van der Waals surface area contributed by atoms with Crippen LogP contribution in [0.5, 0.6) is 0 Å². The Kier molecular flexibility index (Phi) is 5.33. The molecule has 3 rings (SSSR count). The van der Waals surface area contributed by atoms with Gasteiger partial charge in [0.2, 0.25) is 11.8 Å². The first-order chi connectivity index (χ1) is 12.6. The molecule has 2 amide bonds. The van der Waals surface area contributed by atoms with Crippen molar-refractivity contribution in [2.24, 2.45) is 0 Å². The van der Waals surface area contributed by atoms with E-state index in [-0.39, 0.29) is 24.4 Å². The monoisotopic (exact) mass is 347 g/mol. The van der Waals surface area contributed by atoms with Crippen molar-refractivity contribution >= 4 is 17.5 Å². The molecule has 5 heteroatoms. The van der Waals surface area contributed by atoms with Crippen molar-refractivity contribution in [3.05, 3.63) is 65.7 Å². The maximum absolute atomic E-state index is 12.7. The molecular weight excluding hydrogens is 326 g/mol. The summed E-state index contributed by atoms with van der Waals surface area (Å²) >= 11 is 0. The van der Waals surface area contributed by atoms with Crippen LogP contribution in [0, 0.1) is 11.3 Å². The summed E-state index contributed by atoms with van der Waals surface area (Å²) < 4.78 is 0. The smallest absolute Gasteiger partial charge is 0.246 e. The topological polar surface area (TPSA) is 64.4 Å². The van der Waals surface area contributed by atoms with Crippen molar-refractivity contribution < 1.29 is 9.59 Å². The fourth-order valence-corrected chi connectivity index (χ4v) is 3.36. The quantitative estimate of drug-likeness (QED) is 0.854. The van der Waals surface area contributed by atoms with Crippen LogP contribution in [-0.2, 0) is 16.0 Å². The number of anilines is 1. The molecule has 0 saturated carbocycles. The van der Waals surface area contributed by atoms with E-state index in [4.69, 9.17) is 0 Å². The fraction of sp³-hybridized carbons (Fsp3) is 0.286. The van der Waals surface area contributed by atoms with Crippen LogP contribution < -0.4 is 4.90 Å². The second-order valence-corrected chi connectivity index (χ2v) is 6.35. The minimum absolute atomic E-state index is 0.0208. The molecule has 1 atom stereocenters. The van der Waals surface area contributed by atoms with E-state index in [1.165, 1.54) is 0 Å². The van der Waals surface area contributed by atoms with E-state index in [1.54, 1.807) is 28.0 Å². The Morgan fingerprint density at radius 2 is 1.85 bits per heavy atom. The molecule has 0 aromatic heterocycles. The van der Waals surface area contributed by atoms with Crippen molar-refractivity contribution in [1.29, 1.82) is 5.26 Å². The summed E-state index contributed by atoms with van der Waals surface area (Å²) in [6.45, 7) is 2.24. The summed E-state index contributed by atoms with van der Waals surface area (Å²) in [6, 6.07) is 19.1. The molecule has 2 aromatic rings. The van der Waals surface area contributed by atoms with E-state index in [0.29, 0.717) is 30.6 Å². The van der Waals surface area contributed by atoms with Crippen LogP contribution in [0.15, 0.2) is 54.6 Å². The highest BCUT2D eigenvalue weighted by Crippen LogP contribution is 2.25. The van der Waals surface area contributed by atoms with Crippen molar-refractivity contribution in [2.75, 3.05) is 18.0 Å². The third-order valence-corrected chi connectivity index (χ3v) is 4.69. The maximum Gasteiger partial charge on any atom is 0.246 e. The number of rotatable bonds is 4. The van der Waals surface area contributed by atoms with Gasteiger partial charge >= 0.3 is 0 Å². The third-order valence-electron chi connectivity index (χ3n) is 4.69. The number of carbonyl (C=O) groups excluding carboxylic acids is 2. The summed E-state index contributed by atoms with van der Waals surface area (Å²) in [5.74, 6) is -0.175. The van der Waals surface area contributed by atoms with Crippen LogP contribution >= 0.6 is 0 Å². The summed E-state index contributed by atoms with van der Waals surface area (Å²) in [5.41, 5.74) is 2.20. The molecule has 2 aromatic carbocycles. The molecule has 0 aliphatic carbocycles. The number of para-hydroxylation sites is 1. The number of hydrogen-bond donors (Lipinski definition) is 0. The van der Waals surface area contributed by atoms with Gasteiger partial charge in [-0.15, -0.1) is 0 Å². The number of carbonyl (C=O) groups is 2. The molecule has 5 nitrogen and oxygen atoms in total. The largest absolute Gasteiger partial charge is 0.328 e. The summed E-state index contributed by atoms with van der Waals surface area (Å²) in [4.78, 5) is 28.4. The normalized spacial score (nSPS) is 17.1. The molecule has 0 bridgehead atoms. The zero-order chi connectivity index (χ0) is 18.5. The van der Waals surface area contributed by atoms with E-state index in [9.17, 15) is 14.9 Å². The Balaban J connectivity index is 1.92. The van der Waals surface area contributed by atoms with E-state index >= 15 is 0 Å². The first kappa shape index (κ1) is 17.7. The second-order valence-electron chi connectivity index (χ2n) is 6.35. The van der Waals surface area contributed by atoms with Crippen molar-refractivity contribution in [3.8, 4) is 6.07 Å². The zero-order valence-corrected chi connectivity index (χ0v) is 14.8. The number of piperazine rings is 1. The fourth-order valence-electron chi connectivity index (χ4n) is 3.36. The van der Waals surface area contributed by atoms with Crippen LogP contribution in [-0.4, -0.2) is 35.8 Å². The minimum atomic E-state index is -0.154. The average molecular weight is 347 g/mol. The Hall–Kier alpha value is -3.13. The number of amides is 2. The lowest BCUT2D eigenvalue weighted by Gasteiger charge is -2.41. The third kappa shape index (κ3) is 3.60. The van der Waals surface area contributed by atoms with Crippen LogP contribution in [0.3, 0.4) is 0 Å². The van der Waals surface area contributed by atoms with Gasteiger partial charge in [-0.1, -0.05) is 49.4 Å². The SMILES string of the molecule is CCC(=O)N1CC(=O)N(c2ccccc2C#N)C[C@@H]1Cc1ccccc1. The molecule has 0 N–H and O–H groups in total. The lowest BCUT2D eigenvalue weighted by atomic mass is 10.00. The van der Waals surface area contributed by atoms with E-state index < -0.39 is 0 Å². The Morgan fingerprint density at radius 3 is 2.54 bits per heavy atom. The lowest BCUT2D eigenvalue weighted by Crippen LogP contribution is -2.59. The maximum atomic E-state index is 12.7. The summed E-state index contributed by atoms with van der Waals surface area (Å²) in [5, 5.41) is 9.36. The van der Waals surface area contributed by atoms with Gasteiger partial charge in [-0.3, -0.25) is 9.59 Å². The summed E-state index contributed by atoms with van der Waals surface area (Å²) in [7, 11) is 0. The van der Waals surface area contributed by atoms with Crippen molar-refractivity contribution in [2.45, 2.75) is 25.8 Å². The van der Waals surface area contributed by atoms with E-state index in [1.807, 2.05) is 43.3 Å². The molecule has 0 spiro atoms. The van der Waals surface area contributed by atoms with Gasteiger partial charge in [0.25, 0.3) is 0 Å². The molecular formula is C21H21N3O2. The predicted molar refractivity (Wildman–Crippen MR) is 99.4 cm³/mol. The van der Waals surface area contributed by atoms with Crippen LogP contribution in [0.4, 0.5) is 5.69 Å². The molecule has 1 heterocycles. The molecule has 1 aliphatic heterocycles. The van der Waals surface area contributed by atoms with Crippen LogP contribution in [0.1, 0.15) is 24.5 Å². The van der Waals surface area contributed by atoms with Crippen molar-refractivity contribution in [3.63, 3.8) is 0 Å². The Bertz CT molecular complexity index is 842. The number of nitrogens with zero attached hydrogens (tertiary/aromatic N) is 3. The molecule has 132 valence electrons. The van der Waals surface area contributed by atoms with E-state index in [0.717, 1.165) is 5.56 Å². The number of benzene rings is 2. The lowest BCUT2D eigenvalue weighted by molar-refractivity contribution is -0.139. The standard InChI is InChI=1S/C21H21N3O2/c1-2-20(25)23-15-21(26)24(19-11-7-6-10-17(19)13-22)14-18(23)12-16-8-4-3-5-9-16/h3-11,18H,2,12,14-15H2,1H3/t18-/m0/s1. The predicted octanol–water partition coefficient (Wildman–Crippen LogP) is 2.75. The summed E-state index contributed by atoms with van der Waals surface area (Å²) in [6.07, 6.45) is 1.04. The molecule has 1 fully saturated rings. The highest BCUT2D eigenvalue weighted by Gasteiger charge is 2.35. The van der Waals surface area contributed by atoms with Gasteiger partial charge in [0, 0.05) is 13.0 Å².